The van der Waals surface area contributed by atoms with Crippen LogP contribution in [-0.2, 0) is 4.79 Å². The summed E-state index contributed by atoms with van der Waals surface area (Å²) in [6.45, 7) is 2.44. The van der Waals surface area contributed by atoms with Gasteiger partial charge in [0.1, 0.15) is 0 Å². The molecule has 0 saturated carbocycles. The highest BCUT2D eigenvalue weighted by Crippen LogP contribution is 2.15. The van der Waals surface area contributed by atoms with Crippen molar-refractivity contribution in [1.82, 2.24) is 5.32 Å². The molecule has 0 spiro atoms. The molecule has 4 nitrogen and oxygen atoms in total. The number of para-hydroxylation sites is 1. The second-order valence-electron chi connectivity index (χ2n) is 4.15. The molecule has 1 aliphatic rings. The number of nitrogens with one attached hydrogen (secondary N) is 2. The zero-order valence-electron chi connectivity index (χ0n) is 9.23. The number of aryl methyl sites for hydroxylation is 1. The summed E-state index contributed by atoms with van der Waals surface area (Å²) in [5.41, 5.74) is 1.87. The van der Waals surface area contributed by atoms with Crippen LogP contribution in [0.25, 0.3) is 0 Å². The van der Waals surface area contributed by atoms with Crippen LogP contribution in [0.3, 0.4) is 0 Å². The van der Waals surface area contributed by atoms with Gasteiger partial charge in [-0.15, -0.1) is 0 Å². The molecule has 0 bridgehead atoms. The van der Waals surface area contributed by atoms with Crippen LogP contribution in [0.1, 0.15) is 12.0 Å². The van der Waals surface area contributed by atoms with E-state index in [2.05, 4.69) is 10.6 Å². The molecule has 86 valence electrons. The summed E-state index contributed by atoms with van der Waals surface area (Å²) in [4.78, 5) is 11.8. The summed E-state index contributed by atoms with van der Waals surface area (Å²) < 4.78 is 0. The molecule has 0 radical (unpaired) electrons. The monoisotopic (exact) mass is 220 g/mol. The Morgan fingerprint density at radius 2 is 2.25 bits per heavy atom. The van der Waals surface area contributed by atoms with Crippen molar-refractivity contribution in [2.24, 2.45) is 0 Å². The Bertz CT molecular complexity index is 392. The summed E-state index contributed by atoms with van der Waals surface area (Å²) in [7, 11) is 0. The molecule has 4 heteroatoms. The molecule has 2 unspecified atom stereocenters. The van der Waals surface area contributed by atoms with Crippen molar-refractivity contribution >= 4 is 11.6 Å². The van der Waals surface area contributed by atoms with E-state index in [1.54, 1.807) is 0 Å². The lowest BCUT2D eigenvalue weighted by Crippen LogP contribution is -2.35. The maximum Gasteiger partial charge on any atom is 0.241 e. The third-order valence-electron chi connectivity index (χ3n) is 2.83. The van der Waals surface area contributed by atoms with Gasteiger partial charge in [-0.1, -0.05) is 18.2 Å². The summed E-state index contributed by atoms with van der Waals surface area (Å²) in [6, 6.07) is 7.36. The number of aliphatic hydroxyl groups excluding tert-OH is 1. The van der Waals surface area contributed by atoms with Crippen LogP contribution in [0.4, 0.5) is 5.69 Å². The van der Waals surface area contributed by atoms with E-state index in [4.69, 9.17) is 0 Å². The zero-order chi connectivity index (χ0) is 11.5. The molecular formula is C12H16N2O2. The molecule has 0 aliphatic carbocycles. The maximum atomic E-state index is 11.8. The molecule has 0 aromatic heterocycles. The average molecular weight is 220 g/mol. The minimum absolute atomic E-state index is 0.0779. The number of benzene rings is 1. The van der Waals surface area contributed by atoms with Crippen molar-refractivity contribution < 1.29 is 9.90 Å². The van der Waals surface area contributed by atoms with E-state index in [9.17, 15) is 9.90 Å². The number of hydrogen-bond acceptors (Lipinski definition) is 3. The second-order valence-corrected chi connectivity index (χ2v) is 4.15. The predicted octanol–water partition coefficient (Wildman–Crippen LogP) is 0.656. The molecule has 1 saturated heterocycles. The molecule has 1 aliphatic heterocycles. The molecule has 1 heterocycles. The highest BCUT2D eigenvalue weighted by Gasteiger charge is 2.28. The van der Waals surface area contributed by atoms with Gasteiger partial charge in [-0.3, -0.25) is 4.79 Å². The smallest absolute Gasteiger partial charge is 0.241 e. The van der Waals surface area contributed by atoms with Crippen LogP contribution in [-0.4, -0.2) is 29.7 Å². The minimum Gasteiger partial charge on any atom is -0.392 e. The van der Waals surface area contributed by atoms with Crippen molar-refractivity contribution in [3.05, 3.63) is 29.8 Å². The number of carbonyl (C=O) groups excluding carboxylic acids is 1. The average Bonchev–Trinajstić information content (AvgIpc) is 2.68. The Morgan fingerprint density at radius 3 is 2.88 bits per heavy atom. The van der Waals surface area contributed by atoms with Gasteiger partial charge >= 0.3 is 0 Å². The SMILES string of the molecule is Cc1ccccc1NC(=O)C1CC(O)CN1. The van der Waals surface area contributed by atoms with Gasteiger partial charge in [-0.2, -0.15) is 0 Å². The third-order valence-corrected chi connectivity index (χ3v) is 2.83. The fourth-order valence-electron chi connectivity index (χ4n) is 1.85. The number of amides is 1. The highest BCUT2D eigenvalue weighted by atomic mass is 16.3. The number of rotatable bonds is 2. The largest absolute Gasteiger partial charge is 0.392 e. The Labute approximate surface area is 94.7 Å². The Hall–Kier alpha value is -1.39. The first-order valence-corrected chi connectivity index (χ1v) is 5.45. The quantitative estimate of drug-likeness (QED) is 0.686. The van der Waals surface area contributed by atoms with Crippen LogP contribution in [0.5, 0.6) is 0 Å². The molecule has 1 aromatic rings. The summed E-state index contributed by atoms with van der Waals surface area (Å²) in [6.07, 6.45) is 0.0742. The zero-order valence-corrected chi connectivity index (χ0v) is 9.23. The van der Waals surface area contributed by atoms with Crippen molar-refractivity contribution in [3.8, 4) is 0 Å². The molecule has 1 aromatic carbocycles. The number of aliphatic hydroxyl groups is 1. The van der Waals surface area contributed by atoms with E-state index in [1.165, 1.54) is 0 Å². The molecule has 1 amide bonds. The van der Waals surface area contributed by atoms with Crippen LogP contribution < -0.4 is 10.6 Å². The van der Waals surface area contributed by atoms with Gasteiger partial charge in [0.2, 0.25) is 5.91 Å². The second kappa shape index (κ2) is 4.63. The van der Waals surface area contributed by atoms with Gasteiger partial charge < -0.3 is 15.7 Å². The van der Waals surface area contributed by atoms with Crippen molar-refractivity contribution in [2.45, 2.75) is 25.5 Å². The Kier molecular flexibility index (Phi) is 3.22. The highest BCUT2D eigenvalue weighted by molar-refractivity contribution is 5.95. The molecule has 3 N–H and O–H groups in total. The van der Waals surface area contributed by atoms with E-state index in [0.717, 1.165) is 11.3 Å². The number of hydrogen-bond donors (Lipinski definition) is 3. The number of anilines is 1. The normalized spacial score (nSPS) is 24.4. The fraction of sp³-hybridized carbons (Fsp3) is 0.417. The summed E-state index contributed by atoms with van der Waals surface area (Å²) in [5, 5.41) is 15.2. The van der Waals surface area contributed by atoms with Gasteiger partial charge in [-0.05, 0) is 25.0 Å². The van der Waals surface area contributed by atoms with E-state index < -0.39 is 6.10 Å². The fourth-order valence-corrected chi connectivity index (χ4v) is 1.85. The van der Waals surface area contributed by atoms with E-state index in [0.29, 0.717) is 13.0 Å². The van der Waals surface area contributed by atoms with Gasteiger partial charge in [0.15, 0.2) is 0 Å². The first-order chi connectivity index (χ1) is 7.66. The topological polar surface area (TPSA) is 61.4 Å². The lowest BCUT2D eigenvalue weighted by molar-refractivity contribution is -0.117. The molecule has 2 rings (SSSR count). The van der Waals surface area contributed by atoms with E-state index >= 15 is 0 Å². The third kappa shape index (κ3) is 2.40. The van der Waals surface area contributed by atoms with E-state index in [1.807, 2.05) is 31.2 Å². The van der Waals surface area contributed by atoms with Crippen LogP contribution >= 0.6 is 0 Å². The van der Waals surface area contributed by atoms with Gasteiger partial charge in [0, 0.05) is 12.2 Å². The number of β-amino-alcohol motifs (C(OH)–C–C–N with tert-alkyl or cyclic N) is 1. The summed E-state index contributed by atoms with van der Waals surface area (Å²) >= 11 is 0. The molecule has 2 atom stereocenters. The predicted molar refractivity (Wildman–Crippen MR) is 62.2 cm³/mol. The first-order valence-electron chi connectivity index (χ1n) is 5.45. The molecule has 16 heavy (non-hydrogen) atoms. The Morgan fingerprint density at radius 1 is 1.50 bits per heavy atom. The maximum absolute atomic E-state index is 11.8. The first kappa shape index (κ1) is 11.1. The molecule has 1 fully saturated rings. The van der Waals surface area contributed by atoms with E-state index in [-0.39, 0.29) is 11.9 Å². The van der Waals surface area contributed by atoms with Crippen LogP contribution in [0, 0.1) is 6.92 Å². The standard InChI is InChI=1S/C12H16N2O2/c1-8-4-2-3-5-10(8)14-12(16)11-6-9(15)7-13-11/h2-5,9,11,13,15H,6-7H2,1H3,(H,14,16). The summed E-state index contributed by atoms with van der Waals surface area (Å²) in [5.74, 6) is -0.0779. The van der Waals surface area contributed by atoms with Crippen molar-refractivity contribution in [1.29, 1.82) is 0 Å². The minimum atomic E-state index is -0.410. The molecular weight excluding hydrogens is 204 g/mol. The van der Waals surface area contributed by atoms with Crippen molar-refractivity contribution in [3.63, 3.8) is 0 Å². The number of carbonyl (C=O) groups is 1. The van der Waals surface area contributed by atoms with Gasteiger partial charge in [0.05, 0.1) is 12.1 Å². The van der Waals surface area contributed by atoms with Gasteiger partial charge in [0.25, 0.3) is 0 Å². The van der Waals surface area contributed by atoms with Crippen LogP contribution in [0.15, 0.2) is 24.3 Å². The van der Waals surface area contributed by atoms with Crippen molar-refractivity contribution in [2.75, 3.05) is 11.9 Å². The van der Waals surface area contributed by atoms with Gasteiger partial charge in [-0.25, -0.2) is 0 Å². The lowest BCUT2D eigenvalue weighted by atomic mass is 10.1. The lowest BCUT2D eigenvalue weighted by Gasteiger charge is -2.12. The van der Waals surface area contributed by atoms with Crippen LogP contribution in [0.2, 0.25) is 0 Å². The Balaban J connectivity index is 2.00.